The Bertz CT molecular complexity index is 896. The number of carbonyl (C=O) groups excluding carboxylic acids is 3. The summed E-state index contributed by atoms with van der Waals surface area (Å²) < 4.78 is 10.5. The Morgan fingerprint density at radius 2 is 1.72 bits per heavy atom. The Morgan fingerprint density at radius 3 is 2.38 bits per heavy atom. The van der Waals surface area contributed by atoms with Crippen LogP contribution >= 0.6 is 11.6 Å². The van der Waals surface area contributed by atoms with Crippen molar-refractivity contribution < 1.29 is 23.9 Å². The number of nitrogens with zero attached hydrogens (tertiary/aromatic N) is 1. The smallest absolute Gasteiger partial charge is 0.261 e. The van der Waals surface area contributed by atoms with E-state index < -0.39 is 0 Å². The van der Waals surface area contributed by atoms with E-state index in [9.17, 15) is 14.4 Å². The van der Waals surface area contributed by atoms with E-state index in [1.807, 2.05) is 0 Å². The van der Waals surface area contributed by atoms with Gasteiger partial charge in [0.1, 0.15) is 6.61 Å². The number of halogens is 1. The number of carbonyl (C=O) groups is 3. The minimum absolute atomic E-state index is 0.136. The zero-order chi connectivity index (χ0) is 20.8. The first-order valence-corrected chi connectivity index (χ1v) is 9.56. The molecular formula is C21H21ClN2O5. The molecule has 0 atom stereocenters. The molecule has 0 unspecified atom stereocenters. The van der Waals surface area contributed by atoms with E-state index in [-0.39, 0.29) is 30.7 Å². The molecule has 3 rings (SSSR count). The van der Waals surface area contributed by atoms with Crippen LogP contribution in [0.4, 0.5) is 5.69 Å². The van der Waals surface area contributed by atoms with Crippen LogP contribution in [0.25, 0.3) is 0 Å². The average Bonchev–Trinajstić information content (AvgIpc) is 2.95. The molecule has 0 saturated carbocycles. The summed E-state index contributed by atoms with van der Waals surface area (Å²) in [5.41, 5.74) is 1.26. The molecule has 1 N–H and O–H groups in total. The van der Waals surface area contributed by atoms with Gasteiger partial charge in [-0.2, -0.15) is 0 Å². The molecule has 0 fully saturated rings. The number of fused-ring (bicyclic) bond motifs is 1. The summed E-state index contributed by atoms with van der Waals surface area (Å²) in [6.07, 6.45) is 0.481. The average molecular weight is 417 g/mol. The van der Waals surface area contributed by atoms with Crippen molar-refractivity contribution in [3.05, 3.63) is 58.6 Å². The van der Waals surface area contributed by atoms with Gasteiger partial charge >= 0.3 is 0 Å². The highest BCUT2D eigenvalue weighted by molar-refractivity contribution is 6.32. The zero-order valence-electron chi connectivity index (χ0n) is 15.9. The Labute approximate surface area is 173 Å². The number of benzene rings is 2. The Hall–Kier alpha value is -2.90. The highest BCUT2D eigenvalue weighted by Gasteiger charge is 2.34. The molecular weight excluding hydrogens is 396 g/mol. The maximum absolute atomic E-state index is 12.3. The summed E-state index contributed by atoms with van der Waals surface area (Å²) >= 11 is 6.16. The number of rotatable bonds is 9. The molecule has 3 amide bonds. The third-order valence-corrected chi connectivity index (χ3v) is 4.74. The van der Waals surface area contributed by atoms with Crippen LogP contribution in [-0.2, 0) is 9.53 Å². The Balaban J connectivity index is 1.54. The van der Waals surface area contributed by atoms with Crippen molar-refractivity contribution in [1.82, 2.24) is 4.90 Å². The maximum atomic E-state index is 12.3. The monoisotopic (exact) mass is 416 g/mol. The molecule has 1 aliphatic heterocycles. The summed E-state index contributed by atoms with van der Waals surface area (Å²) in [6.45, 7) is 0.855. The molecule has 0 aliphatic carbocycles. The van der Waals surface area contributed by atoms with Crippen LogP contribution in [0.2, 0.25) is 5.02 Å². The molecule has 29 heavy (non-hydrogen) atoms. The van der Waals surface area contributed by atoms with Crippen LogP contribution in [-0.4, -0.2) is 49.5 Å². The summed E-state index contributed by atoms with van der Waals surface area (Å²) in [6, 6.07) is 11.8. The topological polar surface area (TPSA) is 84.9 Å². The summed E-state index contributed by atoms with van der Waals surface area (Å²) in [7, 11) is 1.56. The van der Waals surface area contributed by atoms with E-state index in [4.69, 9.17) is 21.1 Å². The minimum Gasteiger partial charge on any atom is -0.487 e. The quantitative estimate of drug-likeness (QED) is 0.500. The van der Waals surface area contributed by atoms with E-state index >= 15 is 0 Å². The zero-order valence-corrected chi connectivity index (χ0v) is 16.7. The Morgan fingerprint density at radius 1 is 1.03 bits per heavy atom. The van der Waals surface area contributed by atoms with E-state index in [1.54, 1.807) is 49.6 Å². The standard InChI is InChI=1S/C21H21ClN2O5/c1-28-12-13-29-19-16(22)8-4-9-17(19)23-18(25)10-5-11-24-20(26)14-6-2-3-7-15(14)21(24)27/h2-4,6-9H,5,10-13H2,1H3,(H,23,25). The van der Waals surface area contributed by atoms with Crippen LogP contribution in [0.1, 0.15) is 33.6 Å². The van der Waals surface area contributed by atoms with Crippen molar-refractivity contribution in [2.24, 2.45) is 0 Å². The van der Waals surface area contributed by atoms with Crippen molar-refractivity contribution in [2.75, 3.05) is 32.2 Å². The number of nitrogens with one attached hydrogen (secondary N) is 1. The first-order valence-electron chi connectivity index (χ1n) is 9.18. The highest BCUT2D eigenvalue weighted by Crippen LogP contribution is 2.33. The van der Waals surface area contributed by atoms with Gasteiger partial charge < -0.3 is 14.8 Å². The molecule has 1 aliphatic rings. The molecule has 0 aromatic heterocycles. The Kier molecular flexibility index (Phi) is 6.85. The summed E-state index contributed by atoms with van der Waals surface area (Å²) in [5.74, 6) is -0.537. The molecule has 1 heterocycles. The second kappa shape index (κ2) is 9.54. The SMILES string of the molecule is COCCOc1c(Cl)cccc1NC(=O)CCCN1C(=O)c2ccccc2C1=O. The van der Waals surface area contributed by atoms with Gasteiger partial charge in [0, 0.05) is 20.1 Å². The molecule has 7 nitrogen and oxygen atoms in total. The number of methoxy groups -OCH3 is 1. The van der Waals surface area contributed by atoms with Crippen molar-refractivity contribution in [3.63, 3.8) is 0 Å². The fourth-order valence-corrected chi connectivity index (χ4v) is 3.26. The van der Waals surface area contributed by atoms with Crippen LogP contribution in [0.15, 0.2) is 42.5 Å². The lowest BCUT2D eigenvalue weighted by atomic mass is 10.1. The number of anilines is 1. The molecule has 0 spiro atoms. The number of hydrogen-bond acceptors (Lipinski definition) is 5. The van der Waals surface area contributed by atoms with Crippen LogP contribution < -0.4 is 10.1 Å². The van der Waals surface area contributed by atoms with Gasteiger partial charge in [-0.05, 0) is 30.7 Å². The molecule has 152 valence electrons. The van der Waals surface area contributed by atoms with Gasteiger partial charge in [-0.1, -0.05) is 29.8 Å². The first kappa shape index (κ1) is 20.8. The predicted molar refractivity (Wildman–Crippen MR) is 108 cm³/mol. The van der Waals surface area contributed by atoms with Gasteiger partial charge in [-0.3, -0.25) is 19.3 Å². The number of amides is 3. The second-order valence-corrected chi connectivity index (χ2v) is 6.82. The lowest BCUT2D eigenvalue weighted by Crippen LogP contribution is -2.31. The lowest BCUT2D eigenvalue weighted by Gasteiger charge is -2.15. The fourth-order valence-electron chi connectivity index (χ4n) is 3.03. The molecule has 0 saturated heterocycles. The number of para-hydroxylation sites is 1. The minimum atomic E-state index is -0.324. The van der Waals surface area contributed by atoms with Crippen LogP contribution in [0.5, 0.6) is 5.75 Å². The van der Waals surface area contributed by atoms with E-state index in [0.29, 0.717) is 47.2 Å². The van der Waals surface area contributed by atoms with Crippen LogP contribution in [0, 0.1) is 0 Å². The molecule has 8 heteroatoms. The van der Waals surface area contributed by atoms with Crippen molar-refractivity contribution in [1.29, 1.82) is 0 Å². The number of imide groups is 1. The van der Waals surface area contributed by atoms with Crippen molar-refractivity contribution in [3.8, 4) is 5.75 Å². The molecule has 0 bridgehead atoms. The van der Waals surface area contributed by atoms with E-state index in [1.165, 1.54) is 4.90 Å². The normalized spacial score (nSPS) is 12.8. The van der Waals surface area contributed by atoms with E-state index in [0.717, 1.165) is 0 Å². The number of hydrogen-bond donors (Lipinski definition) is 1. The van der Waals surface area contributed by atoms with Crippen LogP contribution in [0.3, 0.4) is 0 Å². The van der Waals surface area contributed by atoms with Gasteiger partial charge in [-0.15, -0.1) is 0 Å². The van der Waals surface area contributed by atoms with Crippen molar-refractivity contribution in [2.45, 2.75) is 12.8 Å². The van der Waals surface area contributed by atoms with Crippen molar-refractivity contribution >= 4 is 35.0 Å². The van der Waals surface area contributed by atoms with Gasteiger partial charge in [0.15, 0.2) is 5.75 Å². The molecule has 2 aromatic carbocycles. The van der Waals surface area contributed by atoms with Gasteiger partial charge in [0.05, 0.1) is 28.4 Å². The second-order valence-electron chi connectivity index (χ2n) is 6.42. The molecule has 0 radical (unpaired) electrons. The summed E-state index contributed by atoms with van der Waals surface area (Å²) in [5, 5.41) is 3.15. The van der Waals surface area contributed by atoms with Gasteiger partial charge in [0.2, 0.25) is 5.91 Å². The van der Waals surface area contributed by atoms with Gasteiger partial charge in [-0.25, -0.2) is 0 Å². The molecule has 2 aromatic rings. The number of ether oxygens (including phenoxy) is 2. The predicted octanol–water partition coefficient (Wildman–Crippen LogP) is 3.38. The first-order chi connectivity index (χ1) is 14.0. The fraction of sp³-hybridized carbons (Fsp3) is 0.286. The highest BCUT2D eigenvalue weighted by atomic mass is 35.5. The largest absolute Gasteiger partial charge is 0.487 e. The maximum Gasteiger partial charge on any atom is 0.261 e. The third kappa shape index (κ3) is 4.75. The van der Waals surface area contributed by atoms with E-state index in [2.05, 4.69) is 5.32 Å². The summed E-state index contributed by atoms with van der Waals surface area (Å²) in [4.78, 5) is 38.2. The lowest BCUT2D eigenvalue weighted by molar-refractivity contribution is -0.116. The van der Waals surface area contributed by atoms with Gasteiger partial charge in [0.25, 0.3) is 11.8 Å². The third-order valence-electron chi connectivity index (χ3n) is 4.44.